The van der Waals surface area contributed by atoms with Crippen molar-refractivity contribution in [1.29, 1.82) is 0 Å². The fourth-order valence-corrected chi connectivity index (χ4v) is 1.78. The van der Waals surface area contributed by atoms with Crippen LogP contribution >= 0.6 is 11.6 Å². The molecule has 0 fully saturated rings. The molecule has 0 spiro atoms. The standard InChI is InChI=1S/C13H13ClN2O2/c14-11-9-10(15)4-5-12(11)18-8-7-16-6-2-1-3-13(16)17/h1-6,9H,7-8,15H2. The minimum Gasteiger partial charge on any atom is -0.490 e. The molecule has 2 N–H and O–H groups in total. The first-order chi connectivity index (χ1) is 8.66. The Kier molecular flexibility index (Phi) is 3.89. The molecule has 0 aliphatic heterocycles. The molecule has 0 aliphatic carbocycles. The van der Waals surface area contributed by atoms with Crippen molar-refractivity contribution < 1.29 is 4.74 Å². The van der Waals surface area contributed by atoms with Crippen LogP contribution in [-0.2, 0) is 6.54 Å². The quantitative estimate of drug-likeness (QED) is 0.861. The fourth-order valence-electron chi connectivity index (χ4n) is 1.53. The Bertz CT molecular complexity index is 596. The number of pyridine rings is 1. The zero-order valence-electron chi connectivity index (χ0n) is 9.67. The Morgan fingerprint density at radius 2 is 2.11 bits per heavy atom. The number of hydrogen-bond donors (Lipinski definition) is 1. The predicted molar refractivity (Wildman–Crippen MR) is 72.1 cm³/mol. The molecule has 94 valence electrons. The van der Waals surface area contributed by atoms with Crippen LogP contribution in [0.4, 0.5) is 5.69 Å². The number of benzene rings is 1. The third-order valence-electron chi connectivity index (χ3n) is 2.44. The molecular formula is C13H13ClN2O2. The third kappa shape index (κ3) is 3.05. The second kappa shape index (κ2) is 5.60. The van der Waals surface area contributed by atoms with E-state index in [0.717, 1.165) is 0 Å². The highest BCUT2D eigenvalue weighted by Gasteiger charge is 2.02. The lowest BCUT2D eigenvalue weighted by Crippen LogP contribution is -2.21. The normalized spacial score (nSPS) is 10.3. The molecule has 18 heavy (non-hydrogen) atoms. The van der Waals surface area contributed by atoms with E-state index in [-0.39, 0.29) is 5.56 Å². The topological polar surface area (TPSA) is 57.2 Å². The van der Waals surface area contributed by atoms with Crippen molar-refractivity contribution in [3.63, 3.8) is 0 Å². The number of nitrogens with two attached hydrogens (primary N) is 1. The smallest absolute Gasteiger partial charge is 0.250 e. The lowest BCUT2D eigenvalue weighted by atomic mass is 10.3. The van der Waals surface area contributed by atoms with Crippen LogP contribution in [0, 0.1) is 0 Å². The maximum absolute atomic E-state index is 11.4. The Morgan fingerprint density at radius 1 is 1.28 bits per heavy atom. The molecule has 0 radical (unpaired) electrons. The highest BCUT2D eigenvalue weighted by Crippen LogP contribution is 2.26. The van der Waals surface area contributed by atoms with E-state index in [2.05, 4.69) is 0 Å². The van der Waals surface area contributed by atoms with Crippen LogP contribution in [0.15, 0.2) is 47.4 Å². The van der Waals surface area contributed by atoms with Crippen LogP contribution in [0.25, 0.3) is 0 Å². The molecule has 1 heterocycles. The molecule has 1 aromatic carbocycles. The van der Waals surface area contributed by atoms with Gasteiger partial charge in [-0.3, -0.25) is 4.79 Å². The van der Waals surface area contributed by atoms with Gasteiger partial charge in [0, 0.05) is 18.0 Å². The van der Waals surface area contributed by atoms with Crippen LogP contribution < -0.4 is 16.0 Å². The minimum absolute atomic E-state index is 0.0514. The fraction of sp³-hybridized carbons (Fsp3) is 0.154. The highest BCUT2D eigenvalue weighted by molar-refractivity contribution is 6.32. The van der Waals surface area contributed by atoms with E-state index < -0.39 is 0 Å². The van der Waals surface area contributed by atoms with Crippen LogP contribution in [0.3, 0.4) is 0 Å². The Balaban J connectivity index is 1.97. The molecule has 0 bridgehead atoms. The first-order valence-electron chi connectivity index (χ1n) is 5.50. The van der Waals surface area contributed by atoms with E-state index in [0.29, 0.717) is 29.6 Å². The lowest BCUT2D eigenvalue weighted by molar-refractivity contribution is 0.296. The second-order valence-corrected chi connectivity index (χ2v) is 4.18. The van der Waals surface area contributed by atoms with Crippen LogP contribution in [0.5, 0.6) is 5.75 Å². The number of anilines is 1. The molecule has 0 saturated heterocycles. The van der Waals surface area contributed by atoms with Gasteiger partial charge in [0.15, 0.2) is 0 Å². The van der Waals surface area contributed by atoms with E-state index in [1.165, 1.54) is 6.07 Å². The average Bonchev–Trinajstić information content (AvgIpc) is 2.34. The van der Waals surface area contributed by atoms with Crippen molar-refractivity contribution in [1.82, 2.24) is 4.57 Å². The van der Waals surface area contributed by atoms with E-state index in [1.807, 2.05) is 0 Å². The van der Waals surface area contributed by atoms with Crippen molar-refractivity contribution in [3.8, 4) is 5.75 Å². The van der Waals surface area contributed by atoms with Gasteiger partial charge < -0.3 is 15.0 Å². The van der Waals surface area contributed by atoms with Gasteiger partial charge in [-0.05, 0) is 24.3 Å². The summed E-state index contributed by atoms with van der Waals surface area (Å²) in [6, 6.07) is 10.1. The SMILES string of the molecule is Nc1ccc(OCCn2ccccc2=O)c(Cl)c1. The summed E-state index contributed by atoms with van der Waals surface area (Å²) in [6.45, 7) is 0.841. The number of rotatable bonds is 4. The summed E-state index contributed by atoms with van der Waals surface area (Å²) >= 11 is 5.97. The van der Waals surface area contributed by atoms with Gasteiger partial charge in [0.1, 0.15) is 12.4 Å². The molecule has 0 saturated carbocycles. The number of nitrogens with zero attached hydrogens (tertiary/aromatic N) is 1. The summed E-state index contributed by atoms with van der Waals surface area (Å²) < 4.78 is 7.08. The first kappa shape index (κ1) is 12.5. The zero-order chi connectivity index (χ0) is 13.0. The van der Waals surface area contributed by atoms with Crippen molar-refractivity contribution in [2.45, 2.75) is 6.54 Å². The second-order valence-electron chi connectivity index (χ2n) is 3.77. The number of aromatic nitrogens is 1. The summed E-state index contributed by atoms with van der Waals surface area (Å²) in [4.78, 5) is 11.4. The largest absolute Gasteiger partial charge is 0.490 e. The van der Waals surface area contributed by atoms with E-state index >= 15 is 0 Å². The van der Waals surface area contributed by atoms with Gasteiger partial charge in [-0.1, -0.05) is 17.7 Å². The number of halogens is 1. The van der Waals surface area contributed by atoms with E-state index in [4.69, 9.17) is 22.1 Å². The van der Waals surface area contributed by atoms with Gasteiger partial charge in [-0.15, -0.1) is 0 Å². The van der Waals surface area contributed by atoms with Crippen molar-refractivity contribution in [2.24, 2.45) is 0 Å². The molecule has 2 rings (SSSR count). The molecule has 0 atom stereocenters. The average molecular weight is 265 g/mol. The molecule has 1 aromatic heterocycles. The van der Waals surface area contributed by atoms with Gasteiger partial charge in [-0.2, -0.15) is 0 Å². The van der Waals surface area contributed by atoms with Crippen molar-refractivity contribution in [3.05, 3.63) is 58.0 Å². The summed E-state index contributed by atoms with van der Waals surface area (Å²) in [6.07, 6.45) is 1.72. The van der Waals surface area contributed by atoms with Gasteiger partial charge >= 0.3 is 0 Å². The maximum Gasteiger partial charge on any atom is 0.250 e. The third-order valence-corrected chi connectivity index (χ3v) is 2.74. The zero-order valence-corrected chi connectivity index (χ0v) is 10.4. The van der Waals surface area contributed by atoms with Gasteiger partial charge in [0.2, 0.25) is 0 Å². The van der Waals surface area contributed by atoms with E-state index in [1.54, 1.807) is 41.1 Å². The van der Waals surface area contributed by atoms with Gasteiger partial charge in [0.25, 0.3) is 5.56 Å². The summed E-state index contributed by atoms with van der Waals surface area (Å²) in [5, 5.41) is 0.468. The van der Waals surface area contributed by atoms with Gasteiger partial charge in [0.05, 0.1) is 11.6 Å². The van der Waals surface area contributed by atoms with Crippen molar-refractivity contribution in [2.75, 3.05) is 12.3 Å². The minimum atomic E-state index is -0.0514. The summed E-state index contributed by atoms with van der Waals surface area (Å²) in [7, 11) is 0. The highest BCUT2D eigenvalue weighted by atomic mass is 35.5. The van der Waals surface area contributed by atoms with Crippen molar-refractivity contribution >= 4 is 17.3 Å². The van der Waals surface area contributed by atoms with Crippen LogP contribution in [0.1, 0.15) is 0 Å². The van der Waals surface area contributed by atoms with Gasteiger partial charge in [-0.25, -0.2) is 0 Å². The molecule has 0 amide bonds. The Morgan fingerprint density at radius 3 is 2.83 bits per heavy atom. The molecule has 0 aliphatic rings. The maximum atomic E-state index is 11.4. The molecule has 0 unspecified atom stereocenters. The summed E-state index contributed by atoms with van der Waals surface area (Å²) in [5.41, 5.74) is 6.12. The number of nitrogen functional groups attached to an aromatic ring is 1. The monoisotopic (exact) mass is 264 g/mol. The number of ether oxygens (including phenoxy) is 1. The molecule has 5 heteroatoms. The summed E-state index contributed by atoms with van der Waals surface area (Å²) in [5.74, 6) is 0.565. The molecule has 4 nitrogen and oxygen atoms in total. The molecular weight excluding hydrogens is 252 g/mol. The van der Waals surface area contributed by atoms with Crippen LogP contribution in [-0.4, -0.2) is 11.2 Å². The predicted octanol–water partition coefficient (Wildman–Crippen LogP) is 2.16. The Labute approximate surface area is 110 Å². The Hall–Kier alpha value is -1.94. The van der Waals surface area contributed by atoms with E-state index in [9.17, 15) is 4.79 Å². The first-order valence-corrected chi connectivity index (χ1v) is 5.88. The van der Waals surface area contributed by atoms with Crippen LogP contribution in [0.2, 0.25) is 5.02 Å². The molecule has 2 aromatic rings. The lowest BCUT2D eigenvalue weighted by Gasteiger charge is -2.09. The number of hydrogen-bond acceptors (Lipinski definition) is 3.